The standard InChI is InChI=1S/C40H51N2OS/c1-8-26-41-34-19-12-10-17-32(34)39(4,5)36(41)23-21-30-15-14-16-31(38(30)44-28-25-29(3)43)22-24-37-40(6,7)33-18-11-13-20-35(33)42(37)27-9-2/h10-13,17-24H,8-9,14-16,25-28H2,1-7H3/q+1. The largest absolute Gasteiger partial charge is 0.344 e. The number of carbonyl (C=O) groups is 1. The molecule has 0 unspecified atom stereocenters. The highest BCUT2D eigenvalue weighted by Gasteiger charge is 2.44. The van der Waals surface area contributed by atoms with Crippen LogP contribution in [0.4, 0.5) is 11.4 Å². The third kappa shape index (κ3) is 6.20. The molecule has 0 radical (unpaired) electrons. The predicted octanol–water partition coefficient (Wildman–Crippen LogP) is 10.2. The Bertz CT molecular complexity index is 1570. The minimum Gasteiger partial charge on any atom is -0.344 e. The van der Waals surface area contributed by atoms with Crippen molar-refractivity contribution in [2.24, 2.45) is 0 Å². The van der Waals surface area contributed by atoms with E-state index in [0.717, 1.165) is 50.9 Å². The molecule has 0 aromatic heterocycles. The summed E-state index contributed by atoms with van der Waals surface area (Å²) in [5.74, 6) is 1.08. The first kappa shape index (κ1) is 32.3. The van der Waals surface area contributed by atoms with Crippen molar-refractivity contribution in [3.05, 3.63) is 106 Å². The quantitative estimate of drug-likeness (QED) is 0.238. The van der Waals surface area contributed by atoms with E-state index < -0.39 is 0 Å². The molecule has 4 heteroatoms. The van der Waals surface area contributed by atoms with Gasteiger partial charge in [0.1, 0.15) is 12.3 Å². The fourth-order valence-corrected chi connectivity index (χ4v) is 8.58. The predicted molar refractivity (Wildman–Crippen MR) is 191 cm³/mol. The summed E-state index contributed by atoms with van der Waals surface area (Å²) < 4.78 is 2.53. The number of para-hydroxylation sites is 2. The van der Waals surface area contributed by atoms with Crippen molar-refractivity contribution in [1.29, 1.82) is 0 Å². The second kappa shape index (κ2) is 13.5. The molecular weight excluding hydrogens is 557 g/mol. The number of hydrogen-bond donors (Lipinski definition) is 0. The number of rotatable bonds is 11. The van der Waals surface area contributed by atoms with Gasteiger partial charge in [-0.1, -0.05) is 76.2 Å². The van der Waals surface area contributed by atoms with Gasteiger partial charge in [0.25, 0.3) is 0 Å². The van der Waals surface area contributed by atoms with E-state index in [1.807, 2.05) is 11.8 Å². The van der Waals surface area contributed by atoms with Gasteiger partial charge in [-0.2, -0.15) is 4.58 Å². The monoisotopic (exact) mass is 607 g/mol. The lowest BCUT2D eigenvalue weighted by atomic mass is 9.81. The van der Waals surface area contributed by atoms with Gasteiger partial charge < -0.3 is 4.90 Å². The molecule has 0 fully saturated rings. The van der Waals surface area contributed by atoms with E-state index in [1.165, 1.54) is 50.0 Å². The smallest absolute Gasteiger partial charge is 0.209 e. The Morgan fingerprint density at radius 1 is 0.909 bits per heavy atom. The molecule has 5 rings (SSSR count). The van der Waals surface area contributed by atoms with Gasteiger partial charge in [0.05, 0.1) is 5.41 Å². The number of nitrogens with zero attached hydrogens (tertiary/aromatic N) is 2. The van der Waals surface area contributed by atoms with Gasteiger partial charge in [-0.05, 0) is 75.3 Å². The van der Waals surface area contributed by atoms with Crippen molar-refractivity contribution in [2.75, 3.05) is 23.7 Å². The maximum Gasteiger partial charge on any atom is 0.209 e. The number of ketones is 1. The Hall–Kier alpha value is -3.11. The van der Waals surface area contributed by atoms with E-state index in [0.29, 0.717) is 6.42 Å². The molecule has 0 saturated carbocycles. The van der Waals surface area contributed by atoms with Crippen LogP contribution in [0.3, 0.4) is 0 Å². The Balaban J connectivity index is 1.56. The summed E-state index contributed by atoms with van der Waals surface area (Å²) in [5.41, 5.74) is 11.0. The van der Waals surface area contributed by atoms with Crippen LogP contribution in [-0.2, 0) is 15.6 Å². The number of allylic oxidation sites excluding steroid dienone is 7. The first-order valence-corrected chi connectivity index (χ1v) is 17.7. The van der Waals surface area contributed by atoms with E-state index in [1.54, 1.807) is 6.92 Å². The van der Waals surface area contributed by atoms with Crippen molar-refractivity contribution in [3.63, 3.8) is 0 Å². The highest BCUT2D eigenvalue weighted by atomic mass is 32.2. The van der Waals surface area contributed by atoms with Gasteiger partial charge in [-0.25, -0.2) is 0 Å². The van der Waals surface area contributed by atoms with Gasteiger partial charge in [0, 0.05) is 64.5 Å². The van der Waals surface area contributed by atoms with E-state index in [4.69, 9.17) is 0 Å². The molecule has 2 aromatic carbocycles. The Morgan fingerprint density at radius 3 is 2.36 bits per heavy atom. The molecule has 2 aliphatic heterocycles. The van der Waals surface area contributed by atoms with Crippen LogP contribution < -0.4 is 4.90 Å². The number of benzene rings is 2. The summed E-state index contributed by atoms with van der Waals surface area (Å²) in [6.45, 7) is 17.7. The average Bonchev–Trinajstić information content (AvgIpc) is 3.34. The molecule has 1 aliphatic carbocycles. The number of hydrogen-bond acceptors (Lipinski definition) is 3. The summed E-state index contributed by atoms with van der Waals surface area (Å²) in [5, 5.41) is 0. The SMILES string of the molecule is CCCN1/C(=C/C=C2\CCCC(/C=C/C3=[N+](CCC)c4ccccc4C3(C)C)=C2SCCC(C)=O)C(C)(C)c2ccccc21. The molecule has 2 heterocycles. The summed E-state index contributed by atoms with van der Waals surface area (Å²) >= 11 is 1.88. The van der Waals surface area contributed by atoms with Crippen molar-refractivity contribution in [3.8, 4) is 0 Å². The molecule has 232 valence electrons. The van der Waals surface area contributed by atoms with E-state index >= 15 is 0 Å². The third-order valence-electron chi connectivity index (χ3n) is 9.55. The van der Waals surface area contributed by atoms with Gasteiger partial charge in [-0.3, -0.25) is 4.79 Å². The fraction of sp³-hybridized carbons (Fsp3) is 0.450. The minimum atomic E-state index is -0.0473. The molecule has 0 bridgehead atoms. The summed E-state index contributed by atoms with van der Waals surface area (Å²) in [6.07, 6.45) is 15.7. The number of anilines is 1. The van der Waals surface area contributed by atoms with Crippen LogP contribution in [0, 0.1) is 0 Å². The van der Waals surface area contributed by atoms with Gasteiger partial charge in [-0.15, -0.1) is 11.8 Å². The van der Waals surface area contributed by atoms with Crippen LogP contribution in [0.2, 0.25) is 0 Å². The number of carbonyl (C=O) groups excluding carboxylic acids is 1. The van der Waals surface area contributed by atoms with Crippen LogP contribution in [0.1, 0.15) is 98.1 Å². The van der Waals surface area contributed by atoms with Gasteiger partial charge >= 0.3 is 0 Å². The zero-order chi connectivity index (χ0) is 31.5. The maximum absolute atomic E-state index is 11.9. The Labute approximate surface area is 270 Å². The molecule has 0 saturated heterocycles. The third-order valence-corrected chi connectivity index (χ3v) is 10.8. The zero-order valence-electron chi connectivity index (χ0n) is 28.0. The van der Waals surface area contributed by atoms with Crippen molar-refractivity contribution in [1.82, 2.24) is 0 Å². The van der Waals surface area contributed by atoms with Crippen LogP contribution in [-0.4, -0.2) is 34.9 Å². The van der Waals surface area contributed by atoms with Crippen LogP contribution >= 0.6 is 11.8 Å². The van der Waals surface area contributed by atoms with E-state index in [2.05, 4.69) is 124 Å². The maximum atomic E-state index is 11.9. The molecule has 3 nitrogen and oxygen atoms in total. The highest BCUT2D eigenvalue weighted by molar-refractivity contribution is 8.03. The highest BCUT2D eigenvalue weighted by Crippen LogP contribution is 2.48. The van der Waals surface area contributed by atoms with Crippen LogP contribution in [0.5, 0.6) is 0 Å². The molecule has 0 atom stereocenters. The molecule has 0 amide bonds. The second-order valence-corrected chi connectivity index (χ2v) is 14.7. The summed E-state index contributed by atoms with van der Waals surface area (Å²) in [4.78, 5) is 15.8. The average molecular weight is 608 g/mol. The summed E-state index contributed by atoms with van der Waals surface area (Å²) in [7, 11) is 0. The van der Waals surface area contributed by atoms with Crippen molar-refractivity contribution >= 4 is 34.6 Å². The van der Waals surface area contributed by atoms with Gasteiger partial charge in [0.2, 0.25) is 5.69 Å². The first-order chi connectivity index (χ1) is 21.1. The molecular formula is C40H51N2OS+. The lowest BCUT2D eigenvalue weighted by Crippen LogP contribution is -2.28. The Kier molecular flexibility index (Phi) is 9.89. The number of fused-ring (bicyclic) bond motifs is 2. The minimum absolute atomic E-state index is 0.0473. The molecule has 0 spiro atoms. The molecule has 2 aromatic rings. The van der Waals surface area contributed by atoms with E-state index in [-0.39, 0.29) is 16.6 Å². The number of thioether (sulfide) groups is 1. The van der Waals surface area contributed by atoms with Crippen LogP contribution in [0.15, 0.2) is 94.6 Å². The fourth-order valence-electron chi connectivity index (χ4n) is 7.27. The normalized spacial score (nSPS) is 20.8. The number of Topliss-reactive ketones (excluding diaryl/α,β-unsaturated/α-hetero) is 1. The van der Waals surface area contributed by atoms with E-state index in [9.17, 15) is 4.79 Å². The van der Waals surface area contributed by atoms with Crippen LogP contribution in [0.25, 0.3) is 0 Å². The lowest BCUT2D eigenvalue weighted by Gasteiger charge is -2.27. The zero-order valence-corrected chi connectivity index (χ0v) is 28.8. The topological polar surface area (TPSA) is 23.3 Å². The summed E-state index contributed by atoms with van der Waals surface area (Å²) in [6, 6.07) is 17.8. The Morgan fingerprint density at radius 2 is 1.64 bits per heavy atom. The van der Waals surface area contributed by atoms with Gasteiger partial charge in [0.15, 0.2) is 5.71 Å². The lowest BCUT2D eigenvalue weighted by molar-refractivity contribution is -0.437. The second-order valence-electron chi connectivity index (χ2n) is 13.6. The van der Waals surface area contributed by atoms with Crippen molar-refractivity contribution in [2.45, 2.75) is 97.8 Å². The molecule has 44 heavy (non-hydrogen) atoms. The first-order valence-electron chi connectivity index (χ1n) is 16.7. The molecule has 0 N–H and O–H groups in total. The molecule has 3 aliphatic rings. The van der Waals surface area contributed by atoms with Crippen molar-refractivity contribution < 1.29 is 9.37 Å².